The Labute approximate surface area is 128 Å². The molecule has 0 atom stereocenters. The number of phenols is 1. The predicted molar refractivity (Wildman–Crippen MR) is 83.8 cm³/mol. The van der Waals surface area contributed by atoms with Gasteiger partial charge in [-0.05, 0) is 46.9 Å². The van der Waals surface area contributed by atoms with E-state index in [0.29, 0.717) is 11.1 Å². The quantitative estimate of drug-likeness (QED) is 0.832. The van der Waals surface area contributed by atoms with Gasteiger partial charge in [-0.15, -0.1) is 0 Å². The van der Waals surface area contributed by atoms with Crippen molar-refractivity contribution in [2.75, 3.05) is 6.54 Å². The van der Waals surface area contributed by atoms with Crippen LogP contribution >= 0.6 is 27.5 Å². The molecule has 106 valence electrons. The van der Waals surface area contributed by atoms with Gasteiger partial charge in [0.15, 0.2) is 0 Å². The Kier molecular flexibility index (Phi) is 5.55. The van der Waals surface area contributed by atoms with Crippen LogP contribution in [-0.4, -0.2) is 22.6 Å². The highest BCUT2D eigenvalue weighted by Crippen LogP contribution is 2.35. The van der Waals surface area contributed by atoms with Gasteiger partial charge >= 0.3 is 0 Å². The van der Waals surface area contributed by atoms with Crippen molar-refractivity contribution in [3.63, 3.8) is 0 Å². The third-order valence-corrected chi connectivity index (χ3v) is 5.21. The van der Waals surface area contributed by atoms with Crippen LogP contribution in [0.2, 0.25) is 5.02 Å². The van der Waals surface area contributed by atoms with Crippen LogP contribution in [0.4, 0.5) is 0 Å². The normalized spacial score (nSPS) is 17.1. The molecule has 0 aliphatic heterocycles. The summed E-state index contributed by atoms with van der Waals surface area (Å²) in [6.45, 7) is 4.12. The van der Waals surface area contributed by atoms with E-state index in [9.17, 15) is 5.11 Å². The molecule has 1 N–H and O–H groups in total. The highest BCUT2D eigenvalue weighted by molar-refractivity contribution is 9.10. The molecule has 2 rings (SSSR count). The molecule has 0 bridgehead atoms. The highest BCUT2D eigenvalue weighted by atomic mass is 79.9. The van der Waals surface area contributed by atoms with Crippen molar-refractivity contribution in [2.24, 2.45) is 0 Å². The standard InChI is InChI=1S/C15H21BrClNO/c1-2-18(12-6-4-3-5-7-12)10-11-8-9-13(17)15(19)14(11)16/h8-9,12,19H,2-7,10H2,1H3. The summed E-state index contributed by atoms with van der Waals surface area (Å²) in [6.07, 6.45) is 6.65. The van der Waals surface area contributed by atoms with E-state index in [0.717, 1.165) is 23.1 Å². The van der Waals surface area contributed by atoms with Crippen LogP contribution < -0.4 is 0 Å². The van der Waals surface area contributed by atoms with E-state index in [-0.39, 0.29) is 5.75 Å². The van der Waals surface area contributed by atoms with E-state index >= 15 is 0 Å². The van der Waals surface area contributed by atoms with Crippen LogP contribution in [0.5, 0.6) is 5.75 Å². The van der Waals surface area contributed by atoms with Gasteiger partial charge in [0, 0.05) is 12.6 Å². The third-order valence-electron chi connectivity index (χ3n) is 4.02. The largest absolute Gasteiger partial charge is 0.505 e. The summed E-state index contributed by atoms with van der Waals surface area (Å²) < 4.78 is 0.731. The van der Waals surface area contributed by atoms with Gasteiger partial charge in [-0.1, -0.05) is 43.9 Å². The minimum absolute atomic E-state index is 0.152. The number of rotatable bonds is 4. The SMILES string of the molecule is CCN(Cc1ccc(Cl)c(O)c1Br)C1CCCCC1. The Morgan fingerprint density at radius 3 is 2.63 bits per heavy atom. The first-order valence-electron chi connectivity index (χ1n) is 7.03. The maximum absolute atomic E-state index is 9.89. The molecular formula is C15H21BrClNO. The lowest BCUT2D eigenvalue weighted by atomic mass is 9.94. The summed E-state index contributed by atoms with van der Waals surface area (Å²) in [5.74, 6) is 0.152. The zero-order valence-electron chi connectivity index (χ0n) is 11.3. The molecule has 0 heterocycles. The Morgan fingerprint density at radius 1 is 1.32 bits per heavy atom. The fourth-order valence-corrected chi connectivity index (χ4v) is 3.61. The summed E-state index contributed by atoms with van der Waals surface area (Å²) in [5, 5.41) is 10.3. The second-order valence-electron chi connectivity index (χ2n) is 5.22. The van der Waals surface area contributed by atoms with Gasteiger partial charge in [0.25, 0.3) is 0 Å². The van der Waals surface area contributed by atoms with Gasteiger partial charge in [-0.2, -0.15) is 0 Å². The molecule has 0 amide bonds. The minimum atomic E-state index is 0.152. The van der Waals surface area contributed by atoms with Crippen molar-refractivity contribution in [3.05, 3.63) is 27.2 Å². The van der Waals surface area contributed by atoms with Crippen molar-refractivity contribution in [1.82, 2.24) is 4.90 Å². The Hall–Kier alpha value is -0.250. The molecule has 4 heteroatoms. The fraction of sp³-hybridized carbons (Fsp3) is 0.600. The fourth-order valence-electron chi connectivity index (χ4n) is 2.87. The van der Waals surface area contributed by atoms with E-state index in [2.05, 4.69) is 27.8 Å². The Bertz CT molecular complexity index is 432. The monoisotopic (exact) mass is 345 g/mol. The number of hydrogen-bond donors (Lipinski definition) is 1. The summed E-state index contributed by atoms with van der Waals surface area (Å²) in [7, 11) is 0. The topological polar surface area (TPSA) is 23.5 Å². The predicted octanol–water partition coefficient (Wildman–Crippen LogP) is 4.96. The average molecular weight is 347 g/mol. The molecular weight excluding hydrogens is 326 g/mol. The Balaban J connectivity index is 2.11. The number of phenolic OH excluding ortho intramolecular Hbond substituents is 1. The van der Waals surface area contributed by atoms with Crippen molar-refractivity contribution in [1.29, 1.82) is 0 Å². The molecule has 0 radical (unpaired) electrons. The first kappa shape index (κ1) is 15.1. The van der Waals surface area contributed by atoms with Crippen LogP contribution in [0.15, 0.2) is 16.6 Å². The van der Waals surface area contributed by atoms with Crippen molar-refractivity contribution in [3.8, 4) is 5.75 Å². The van der Waals surface area contributed by atoms with Gasteiger partial charge in [0.1, 0.15) is 5.75 Å². The van der Waals surface area contributed by atoms with Crippen LogP contribution in [0.25, 0.3) is 0 Å². The molecule has 1 aromatic carbocycles. The van der Waals surface area contributed by atoms with E-state index in [1.807, 2.05) is 6.07 Å². The van der Waals surface area contributed by atoms with E-state index in [1.165, 1.54) is 32.1 Å². The van der Waals surface area contributed by atoms with Crippen LogP contribution in [0.3, 0.4) is 0 Å². The minimum Gasteiger partial charge on any atom is -0.505 e. The van der Waals surface area contributed by atoms with Gasteiger partial charge in [0.2, 0.25) is 0 Å². The van der Waals surface area contributed by atoms with Gasteiger partial charge < -0.3 is 5.11 Å². The van der Waals surface area contributed by atoms with E-state index in [4.69, 9.17) is 11.6 Å². The molecule has 0 aromatic heterocycles. The van der Waals surface area contributed by atoms with Gasteiger partial charge in [-0.25, -0.2) is 0 Å². The van der Waals surface area contributed by atoms with Crippen LogP contribution in [0.1, 0.15) is 44.6 Å². The number of nitrogens with zero attached hydrogens (tertiary/aromatic N) is 1. The maximum atomic E-state index is 9.89. The molecule has 0 spiro atoms. The molecule has 1 saturated carbocycles. The summed E-state index contributed by atoms with van der Waals surface area (Å²) in [5.41, 5.74) is 1.11. The molecule has 1 aliphatic rings. The third kappa shape index (κ3) is 3.65. The zero-order valence-corrected chi connectivity index (χ0v) is 13.7. The average Bonchev–Trinajstić information content (AvgIpc) is 2.45. The number of aromatic hydroxyl groups is 1. The molecule has 1 aliphatic carbocycles. The zero-order chi connectivity index (χ0) is 13.8. The van der Waals surface area contributed by atoms with Crippen molar-refractivity contribution < 1.29 is 5.11 Å². The molecule has 1 aromatic rings. The lowest BCUT2D eigenvalue weighted by molar-refractivity contribution is 0.155. The molecule has 0 unspecified atom stereocenters. The molecule has 1 fully saturated rings. The molecule has 0 saturated heterocycles. The summed E-state index contributed by atoms with van der Waals surface area (Å²) in [6, 6.07) is 4.45. The first-order valence-corrected chi connectivity index (χ1v) is 8.20. The van der Waals surface area contributed by atoms with Crippen molar-refractivity contribution in [2.45, 2.75) is 51.6 Å². The Morgan fingerprint density at radius 2 is 2.00 bits per heavy atom. The first-order chi connectivity index (χ1) is 9.13. The number of benzene rings is 1. The van der Waals surface area contributed by atoms with Crippen LogP contribution in [0, 0.1) is 0 Å². The van der Waals surface area contributed by atoms with Gasteiger partial charge in [-0.3, -0.25) is 4.90 Å². The van der Waals surface area contributed by atoms with E-state index in [1.54, 1.807) is 6.07 Å². The van der Waals surface area contributed by atoms with Crippen molar-refractivity contribution >= 4 is 27.5 Å². The smallest absolute Gasteiger partial charge is 0.148 e. The summed E-state index contributed by atoms with van der Waals surface area (Å²) in [4.78, 5) is 2.51. The number of hydrogen-bond acceptors (Lipinski definition) is 2. The highest BCUT2D eigenvalue weighted by Gasteiger charge is 2.21. The second-order valence-corrected chi connectivity index (χ2v) is 6.42. The van der Waals surface area contributed by atoms with E-state index < -0.39 is 0 Å². The molecule has 2 nitrogen and oxygen atoms in total. The summed E-state index contributed by atoms with van der Waals surface area (Å²) >= 11 is 9.36. The maximum Gasteiger partial charge on any atom is 0.148 e. The van der Waals surface area contributed by atoms with Crippen LogP contribution in [-0.2, 0) is 6.54 Å². The molecule has 19 heavy (non-hydrogen) atoms. The number of halogens is 2. The van der Waals surface area contributed by atoms with Gasteiger partial charge in [0.05, 0.1) is 9.50 Å². The lowest BCUT2D eigenvalue weighted by Gasteiger charge is -2.33. The second kappa shape index (κ2) is 6.96. The lowest BCUT2D eigenvalue weighted by Crippen LogP contribution is -2.36.